The number of anilines is 2. The highest BCUT2D eigenvalue weighted by Crippen LogP contribution is 2.33. The van der Waals surface area contributed by atoms with Gasteiger partial charge in [-0.3, -0.25) is 9.40 Å². The van der Waals surface area contributed by atoms with Gasteiger partial charge in [0.05, 0.1) is 18.1 Å². The summed E-state index contributed by atoms with van der Waals surface area (Å²) in [5.41, 5.74) is 7.73. The SMILES string of the molecule is CN(c1ccccc1-c1cn[nH]c1N)S(C)(=O)=O. The molecule has 0 saturated heterocycles. The Morgan fingerprint density at radius 2 is 1.94 bits per heavy atom. The van der Waals surface area contributed by atoms with Gasteiger partial charge < -0.3 is 5.73 Å². The summed E-state index contributed by atoms with van der Waals surface area (Å²) in [6.07, 6.45) is 2.73. The molecule has 0 aliphatic heterocycles. The topological polar surface area (TPSA) is 92.1 Å². The third kappa shape index (κ3) is 2.17. The third-order valence-electron chi connectivity index (χ3n) is 2.70. The van der Waals surface area contributed by atoms with E-state index in [1.54, 1.807) is 24.4 Å². The summed E-state index contributed by atoms with van der Waals surface area (Å²) in [5.74, 6) is 0.407. The van der Waals surface area contributed by atoms with Gasteiger partial charge in [-0.25, -0.2) is 8.42 Å². The minimum atomic E-state index is -3.32. The Bertz CT molecular complexity index is 663. The molecule has 7 heteroatoms. The molecule has 0 radical (unpaired) electrons. The molecule has 2 aromatic rings. The average molecular weight is 266 g/mol. The van der Waals surface area contributed by atoms with Crippen molar-refractivity contribution in [2.24, 2.45) is 0 Å². The number of nitrogens with one attached hydrogen (secondary N) is 1. The van der Waals surface area contributed by atoms with Gasteiger partial charge in [-0.1, -0.05) is 18.2 Å². The van der Waals surface area contributed by atoms with Crippen molar-refractivity contribution in [2.75, 3.05) is 23.3 Å². The predicted molar refractivity (Wildman–Crippen MR) is 71.7 cm³/mol. The number of hydrogen-bond acceptors (Lipinski definition) is 4. The van der Waals surface area contributed by atoms with E-state index in [-0.39, 0.29) is 0 Å². The van der Waals surface area contributed by atoms with Crippen LogP contribution in [0.15, 0.2) is 30.5 Å². The summed E-state index contributed by atoms with van der Waals surface area (Å²) in [4.78, 5) is 0. The fourth-order valence-corrected chi connectivity index (χ4v) is 2.18. The maximum atomic E-state index is 11.6. The van der Waals surface area contributed by atoms with Crippen LogP contribution in [0.3, 0.4) is 0 Å². The number of hydrogen-bond donors (Lipinski definition) is 2. The molecule has 3 N–H and O–H groups in total. The highest BCUT2D eigenvalue weighted by atomic mass is 32.2. The number of aromatic nitrogens is 2. The number of aromatic amines is 1. The monoisotopic (exact) mass is 266 g/mol. The Kier molecular flexibility index (Phi) is 3.00. The lowest BCUT2D eigenvalue weighted by Gasteiger charge is -2.19. The molecule has 0 unspecified atom stereocenters. The van der Waals surface area contributed by atoms with Crippen LogP contribution in [0.5, 0.6) is 0 Å². The van der Waals surface area contributed by atoms with Gasteiger partial charge in [0.15, 0.2) is 0 Å². The summed E-state index contributed by atoms with van der Waals surface area (Å²) in [6, 6.07) is 7.12. The van der Waals surface area contributed by atoms with E-state index in [2.05, 4.69) is 10.2 Å². The van der Waals surface area contributed by atoms with Crippen LogP contribution in [0.25, 0.3) is 11.1 Å². The second-order valence-electron chi connectivity index (χ2n) is 3.94. The highest BCUT2D eigenvalue weighted by molar-refractivity contribution is 7.92. The number of sulfonamides is 1. The van der Waals surface area contributed by atoms with Crippen molar-refractivity contribution < 1.29 is 8.42 Å². The Hall–Kier alpha value is -2.02. The van der Waals surface area contributed by atoms with Crippen LogP contribution in [-0.2, 0) is 10.0 Å². The smallest absolute Gasteiger partial charge is 0.232 e. The van der Waals surface area contributed by atoms with E-state index >= 15 is 0 Å². The number of para-hydroxylation sites is 1. The molecule has 1 aromatic heterocycles. The molecule has 0 spiro atoms. The molecule has 0 fully saturated rings. The molecular weight excluding hydrogens is 252 g/mol. The summed E-state index contributed by atoms with van der Waals surface area (Å²) in [5, 5.41) is 6.47. The predicted octanol–water partition coefficient (Wildman–Crippen LogP) is 1.05. The van der Waals surface area contributed by atoms with Crippen molar-refractivity contribution in [1.29, 1.82) is 0 Å². The Labute approximate surface area is 105 Å². The molecule has 1 aromatic carbocycles. The molecule has 0 saturated carbocycles. The normalized spacial score (nSPS) is 11.4. The van der Waals surface area contributed by atoms with Crippen LogP contribution < -0.4 is 10.0 Å². The van der Waals surface area contributed by atoms with Crippen LogP contribution in [0.4, 0.5) is 11.5 Å². The van der Waals surface area contributed by atoms with Crippen LogP contribution in [-0.4, -0.2) is 31.9 Å². The van der Waals surface area contributed by atoms with Gasteiger partial charge in [0.1, 0.15) is 5.82 Å². The zero-order chi connectivity index (χ0) is 13.3. The number of nitrogens with zero attached hydrogens (tertiary/aromatic N) is 2. The molecule has 96 valence electrons. The van der Waals surface area contributed by atoms with Gasteiger partial charge in [-0.05, 0) is 6.07 Å². The maximum absolute atomic E-state index is 11.6. The molecule has 0 aliphatic carbocycles. The lowest BCUT2D eigenvalue weighted by Crippen LogP contribution is -2.25. The van der Waals surface area contributed by atoms with E-state index in [1.165, 1.54) is 11.4 Å². The van der Waals surface area contributed by atoms with E-state index in [0.717, 1.165) is 11.8 Å². The molecule has 0 atom stereocenters. The standard InChI is InChI=1S/C11H14N4O2S/c1-15(18(2,16)17)10-6-4-3-5-8(10)9-7-13-14-11(9)12/h3-7H,1-2H3,(H3,12,13,14). The first-order valence-electron chi connectivity index (χ1n) is 5.23. The summed E-state index contributed by atoms with van der Waals surface area (Å²) < 4.78 is 24.4. The fourth-order valence-electron chi connectivity index (χ4n) is 1.67. The molecule has 18 heavy (non-hydrogen) atoms. The molecule has 1 heterocycles. The van der Waals surface area contributed by atoms with Crippen LogP contribution >= 0.6 is 0 Å². The fraction of sp³-hybridized carbons (Fsp3) is 0.182. The van der Waals surface area contributed by atoms with E-state index < -0.39 is 10.0 Å². The zero-order valence-electron chi connectivity index (χ0n) is 10.1. The third-order valence-corrected chi connectivity index (χ3v) is 3.89. The summed E-state index contributed by atoms with van der Waals surface area (Å²) in [7, 11) is -1.82. The van der Waals surface area contributed by atoms with Crippen molar-refractivity contribution in [3.63, 3.8) is 0 Å². The van der Waals surface area contributed by atoms with Crippen molar-refractivity contribution >= 4 is 21.5 Å². The summed E-state index contributed by atoms with van der Waals surface area (Å²) in [6.45, 7) is 0. The first-order chi connectivity index (χ1) is 8.41. The van der Waals surface area contributed by atoms with Gasteiger partial charge >= 0.3 is 0 Å². The molecular formula is C11H14N4O2S. The van der Waals surface area contributed by atoms with Gasteiger partial charge in [0, 0.05) is 18.2 Å². The molecule has 0 aliphatic rings. The molecule has 2 rings (SSSR count). The van der Waals surface area contributed by atoms with Crippen LogP contribution in [0.2, 0.25) is 0 Å². The average Bonchev–Trinajstić information content (AvgIpc) is 2.73. The van der Waals surface area contributed by atoms with Crippen LogP contribution in [0, 0.1) is 0 Å². The van der Waals surface area contributed by atoms with Crippen molar-refractivity contribution in [3.8, 4) is 11.1 Å². The zero-order valence-corrected chi connectivity index (χ0v) is 10.9. The second kappa shape index (κ2) is 4.34. The number of benzene rings is 1. The van der Waals surface area contributed by atoms with E-state index in [9.17, 15) is 8.42 Å². The first kappa shape index (κ1) is 12.4. The molecule has 0 amide bonds. The lowest BCUT2D eigenvalue weighted by molar-refractivity contribution is 0.600. The van der Waals surface area contributed by atoms with E-state index in [1.807, 2.05) is 6.07 Å². The first-order valence-corrected chi connectivity index (χ1v) is 7.08. The van der Waals surface area contributed by atoms with Gasteiger partial charge in [-0.15, -0.1) is 0 Å². The van der Waals surface area contributed by atoms with E-state index in [0.29, 0.717) is 17.1 Å². The summed E-state index contributed by atoms with van der Waals surface area (Å²) >= 11 is 0. The number of nitrogen functional groups attached to an aromatic ring is 1. The minimum Gasteiger partial charge on any atom is -0.384 e. The molecule has 6 nitrogen and oxygen atoms in total. The second-order valence-corrected chi connectivity index (χ2v) is 5.96. The Morgan fingerprint density at radius 3 is 2.50 bits per heavy atom. The van der Waals surface area contributed by atoms with Crippen molar-refractivity contribution in [1.82, 2.24) is 10.2 Å². The van der Waals surface area contributed by atoms with Crippen molar-refractivity contribution in [3.05, 3.63) is 30.5 Å². The Balaban J connectivity index is 2.61. The lowest BCUT2D eigenvalue weighted by atomic mass is 10.1. The quantitative estimate of drug-likeness (QED) is 0.868. The maximum Gasteiger partial charge on any atom is 0.232 e. The number of H-pyrrole nitrogens is 1. The van der Waals surface area contributed by atoms with Gasteiger partial charge in [0.25, 0.3) is 0 Å². The van der Waals surface area contributed by atoms with E-state index in [4.69, 9.17) is 5.73 Å². The largest absolute Gasteiger partial charge is 0.384 e. The van der Waals surface area contributed by atoms with Crippen LogP contribution in [0.1, 0.15) is 0 Å². The minimum absolute atomic E-state index is 0.407. The van der Waals surface area contributed by atoms with Crippen molar-refractivity contribution in [2.45, 2.75) is 0 Å². The number of rotatable bonds is 3. The number of nitrogens with two attached hydrogens (primary N) is 1. The Morgan fingerprint density at radius 1 is 1.28 bits per heavy atom. The van der Waals surface area contributed by atoms with Gasteiger partial charge in [-0.2, -0.15) is 5.10 Å². The highest BCUT2D eigenvalue weighted by Gasteiger charge is 2.17. The van der Waals surface area contributed by atoms with Gasteiger partial charge in [0.2, 0.25) is 10.0 Å². The molecule has 0 bridgehead atoms.